The van der Waals surface area contributed by atoms with E-state index >= 15 is 4.39 Å². The highest BCUT2D eigenvalue weighted by Gasteiger charge is 2.31. The number of carbonyl (C=O) groups excluding carboxylic acids is 1. The molecule has 2 atom stereocenters. The molecule has 1 N–H and O–H groups in total. The number of aromatic nitrogens is 3. The molecule has 0 bridgehead atoms. The van der Waals surface area contributed by atoms with Crippen LogP contribution in [0, 0.1) is 11.7 Å². The van der Waals surface area contributed by atoms with Crippen molar-refractivity contribution in [2.45, 2.75) is 38.7 Å². The second kappa shape index (κ2) is 9.90. The van der Waals surface area contributed by atoms with Crippen molar-refractivity contribution >= 4 is 22.6 Å². The van der Waals surface area contributed by atoms with E-state index in [0.29, 0.717) is 49.6 Å². The highest BCUT2D eigenvalue weighted by molar-refractivity contribution is 5.88. The fourth-order valence-electron chi connectivity index (χ4n) is 4.61. The van der Waals surface area contributed by atoms with Crippen LogP contribution in [0.5, 0.6) is 0 Å². The molecular weight excluding hydrogens is 466 g/mol. The van der Waals surface area contributed by atoms with Gasteiger partial charge in [0.1, 0.15) is 23.6 Å². The quantitative estimate of drug-likeness (QED) is 0.508. The third kappa shape index (κ3) is 5.62. The zero-order valence-corrected chi connectivity index (χ0v) is 19.5. The van der Waals surface area contributed by atoms with Crippen molar-refractivity contribution in [3.05, 3.63) is 53.7 Å². The molecular formula is C24H27F4N5O2. The minimum Gasteiger partial charge on any atom is -0.391 e. The summed E-state index contributed by atoms with van der Waals surface area (Å²) in [6, 6.07) is 4.81. The van der Waals surface area contributed by atoms with Crippen molar-refractivity contribution in [1.82, 2.24) is 19.4 Å². The molecule has 4 rings (SSSR count). The molecule has 3 heterocycles. The minimum absolute atomic E-state index is 0.0405. The highest BCUT2D eigenvalue weighted by Crippen LogP contribution is 2.31. The molecule has 1 saturated heterocycles. The molecule has 0 amide bonds. The molecule has 0 saturated carbocycles. The number of aliphatic hydroxyl groups is 1. The van der Waals surface area contributed by atoms with Crippen LogP contribution in [0.3, 0.4) is 0 Å². The Morgan fingerprint density at radius 3 is 2.57 bits per heavy atom. The van der Waals surface area contributed by atoms with E-state index in [2.05, 4.69) is 9.97 Å². The molecule has 0 aliphatic carbocycles. The maximum Gasteiger partial charge on any atom is 0.416 e. The third-order valence-electron chi connectivity index (χ3n) is 6.33. The van der Waals surface area contributed by atoms with Gasteiger partial charge in [-0.3, -0.25) is 9.69 Å². The SMILES string of the molecule is CC(=O)CN1CCC(Cn2cc(F)c3c(N(C)Cc4ccc(C(F)(F)F)cc4)ncnc32)[C@@H](O)C1. The van der Waals surface area contributed by atoms with Crippen molar-refractivity contribution in [3.8, 4) is 0 Å². The molecule has 1 aliphatic rings. The summed E-state index contributed by atoms with van der Waals surface area (Å²) in [6.45, 7) is 3.43. The summed E-state index contributed by atoms with van der Waals surface area (Å²) in [5, 5.41) is 10.8. The van der Waals surface area contributed by atoms with Gasteiger partial charge in [-0.05, 0) is 37.6 Å². The lowest BCUT2D eigenvalue weighted by atomic mass is 9.93. The van der Waals surface area contributed by atoms with Crippen LogP contribution in [0.15, 0.2) is 36.8 Å². The lowest BCUT2D eigenvalue weighted by Gasteiger charge is -2.35. The Kier molecular flexibility index (Phi) is 7.09. The average molecular weight is 494 g/mol. The van der Waals surface area contributed by atoms with Crippen molar-refractivity contribution in [3.63, 3.8) is 0 Å². The summed E-state index contributed by atoms with van der Waals surface area (Å²) in [5.74, 6) is -0.281. The number of fused-ring (bicyclic) bond motifs is 1. The van der Waals surface area contributed by atoms with Gasteiger partial charge in [-0.2, -0.15) is 13.2 Å². The number of aliphatic hydroxyl groups excluding tert-OH is 1. The van der Waals surface area contributed by atoms with Crippen molar-refractivity contribution in [2.75, 3.05) is 31.6 Å². The zero-order chi connectivity index (χ0) is 25.3. The summed E-state index contributed by atoms with van der Waals surface area (Å²) in [6.07, 6.45) is -1.76. The molecule has 3 aromatic rings. The number of rotatable bonds is 7. The van der Waals surface area contributed by atoms with Gasteiger partial charge in [0.15, 0.2) is 5.82 Å². The van der Waals surface area contributed by atoms with Crippen molar-refractivity contribution < 1.29 is 27.5 Å². The lowest BCUT2D eigenvalue weighted by Crippen LogP contribution is -2.46. The standard InChI is InChI=1S/C24H27F4N5O2/c1-15(34)9-32-8-7-17(20(35)13-32)11-33-12-19(25)21-22(29-14-30-23(21)33)31(2)10-16-3-5-18(6-4-16)24(26,27)28/h3-6,12,14,17,20,35H,7-11,13H2,1-2H3/t17?,20-/m0/s1. The number of piperidine rings is 1. The number of hydrogen-bond acceptors (Lipinski definition) is 6. The van der Waals surface area contributed by atoms with Crippen molar-refractivity contribution in [1.29, 1.82) is 0 Å². The molecule has 1 fully saturated rings. The van der Waals surface area contributed by atoms with Crippen LogP contribution in [0.2, 0.25) is 0 Å². The molecule has 2 aromatic heterocycles. The molecule has 7 nitrogen and oxygen atoms in total. The number of Topliss-reactive ketones (excluding diaryl/α,β-unsaturated/α-hetero) is 1. The summed E-state index contributed by atoms with van der Waals surface area (Å²) >= 11 is 0. The number of hydrogen-bond donors (Lipinski definition) is 1. The zero-order valence-electron chi connectivity index (χ0n) is 19.5. The summed E-state index contributed by atoms with van der Waals surface area (Å²) in [4.78, 5) is 23.4. The average Bonchev–Trinajstić information content (AvgIpc) is 3.10. The van der Waals surface area contributed by atoms with E-state index in [-0.39, 0.29) is 23.6 Å². The van der Waals surface area contributed by atoms with Gasteiger partial charge >= 0.3 is 6.18 Å². The van der Waals surface area contributed by atoms with Crippen LogP contribution >= 0.6 is 0 Å². The van der Waals surface area contributed by atoms with Crippen LogP contribution in [0.1, 0.15) is 24.5 Å². The molecule has 35 heavy (non-hydrogen) atoms. The summed E-state index contributed by atoms with van der Waals surface area (Å²) < 4.78 is 55.2. The van der Waals surface area contributed by atoms with Gasteiger partial charge in [0.25, 0.3) is 0 Å². The van der Waals surface area contributed by atoms with Crippen LogP contribution in [0.25, 0.3) is 11.0 Å². The van der Waals surface area contributed by atoms with E-state index in [1.165, 1.54) is 31.6 Å². The summed E-state index contributed by atoms with van der Waals surface area (Å²) in [5.41, 5.74) is 0.267. The van der Waals surface area contributed by atoms with Crippen LogP contribution < -0.4 is 4.90 Å². The molecule has 0 spiro atoms. The number of halogens is 4. The number of β-amino-alcohol motifs (C(OH)–C–C–N with tert-alkyl or cyclic N) is 1. The number of carbonyl (C=O) groups is 1. The molecule has 1 unspecified atom stereocenters. The molecule has 11 heteroatoms. The monoisotopic (exact) mass is 493 g/mol. The van der Waals surface area contributed by atoms with E-state index in [1.807, 2.05) is 4.90 Å². The molecule has 1 aliphatic heterocycles. The normalized spacial score (nSPS) is 19.3. The van der Waals surface area contributed by atoms with E-state index in [1.54, 1.807) is 16.5 Å². The lowest BCUT2D eigenvalue weighted by molar-refractivity contribution is -0.137. The van der Waals surface area contributed by atoms with E-state index in [4.69, 9.17) is 0 Å². The van der Waals surface area contributed by atoms with Crippen LogP contribution in [-0.2, 0) is 24.1 Å². The topological polar surface area (TPSA) is 74.5 Å². The van der Waals surface area contributed by atoms with E-state index < -0.39 is 23.7 Å². The predicted molar refractivity (Wildman–Crippen MR) is 122 cm³/mol. The first-order valence-corrected chi connectivity index (χ1v) is 11.3. The van der Waals surface area contributed by atoms with Gasteiger partial charge < -0.3 is 14.6 Å². The number of benzene rings is 1. The smallest absolute Gasteiger partial charge is 0.391 e. The Labute approximate surface area is 200 Å². The number of anilines is 1. The number of nitrogens with zero attached hydrogens (tertiary/aromatic N) is 5. The first-order valence-electron chi connectivity index (χ1n) is 11.3. The third-order valence-corrected chi connectivity index (χ3v) is 6.33. The number of likely N-dealkylation sites (tertiary alicyclic amines) is 1. The van der Waals surface area contributed by atoms with E-state index in [9.17, 15) is 23.1 Å². The van der Waals surface area contributed by atoms with Gasteiger partial charge in [0.05, 0.1) is 23.6 Å². The second-order valence-corrected chi connectivity index (χ2v) is 9.13. The molecule has 1 aromatic carbocycles. The number of alkyl halides is 3. The Balaban J connectivity index is 1.52. The first-order chi connectivity index (χ1) is 16.5. The fraction of sp³-hybridized carbons (Fsp3) is 0.458. The molecule has 188 valence electrons. The van der Waals surface area contributed by atoms with Crippen LogP contribution in [-0.4, -0.2) is 63.1 Å². The van der Waals surface area contributed by atoms with E-state index in [0.717, 1.165) is 12.1 Å². The largest absolute Gasteiger partial charge is 0.416 e. The highest BCUT2D eigenvalue weighted by atomic mass is 19.4. The predicted octanol–water partition coefficient (Wildman–Crippen LogP) is 3.50. The molecule has 0 radical (unpaired) electrons. The van der Waals surface area contributed by atoms with Crippen molar-refractivity contribution in [2.24, 2.45) is 5.92 Å². The van der Waals surface area contributed by atoms with Gasteiger partial charge in [0, 0.05) is 38.8 Å². The Hall–Kier alpha value is -3.05. The van der Waals surface area contributed by atoms with Gasteiger partial charge in [-0.25, -0.2) is 14.4 Å². The summed E-state index contributed by atoms with van der Waals surface area (Å²) in [7, 11) is 1.69. The van der Waals surface area contributed by atoms with Crippen LogP contribution in [0.4, 0.5) is 23.4 Å². The maximum absolute atomic E-state index is 15.0. The number of ketones is 1. The van der Waals surface area contributed by atoms with Gasteiger partial charge in [0.2, 0.25) is 0 Å². The van der Waals surface area contributed by atoms with Gasteiger partial charge in [-0.15, -0.1) is 0 Å². The Morgan fingerprint density at radius 1 is 1.23 bits per heavy atom. The van der Waals surface area contributed by atoms with Gasteiger partial charge in [-0.1, -0.05) is 12.1 Å². The maximum atomic E-state index is 15.0. The minimum atomic E-state index is -4.41. The fourth-order valence-corrected chi connectivity index (χ4v) is 4.61. The first kappa shape index (κ1) is 25.1. The second-order valence-electron chi connectivity index (χ2n) is 9.13. The Morgan fingerprint density at radius 2 is 1.94 bits per heavy atom. The Bertz CT molecular complexity index is 1200.